The Labute approximate surface area is 161 Å². The van der Waals surface area contributed by atoms with E-state index in [2.05, 4.69) is 15.3 Å². The molecular formula is C19H18ClN5O2. The van der Waals surface area contributed by atoms with Crippen LogP contribution >= 0.6 is 11.6 Å². The molecule has 2 atom stereocenters. The lowest BCUT2D eigenvalue weighted by Gasteiger charge is -2.31. The van der Waals surface area contributed by atoms with Gasteiger partial charge >= 0.3 is 0 Å². The summed E-state index contributed by atoms with van der Waals surface area (Å²) in [6.45, 7) is 1.63. The van der Waals surface area contributed by atoms with Crippen LogP contribution in [0.4, 0.5) is 11.8 Å². The number of piperidine rings is 1. The van der Waals surface area contributed by atoms with Crippen LogP contribution in [0.5, 0.6) is 0 Å². The van der Waals surface area contributed by atoms with E-state index in [4.69, 9.17) is 11.6 Å². The van der Waals surface area contributed by atoms with Gasteiger partial charge in [-0.15, -0.1) is 0 Å². The number of nitriles is 1. The normalized spacial score (nSPS) is 21.9. The van der Waals surface area contributed by atoms with E-state index >= 15 is 0 Å². The van der Waals surface area contributed by atoms with Crippen LogP contribution in [0, 0.1) is 17.2 Å². The van der Waals surface area contributed by atoms with Gasteiger partial charge in [-0.2, -0.15) is 10.2 Å². The van der Waals surface area contributed by atoms with E-state index in [0.29, 0.717) is 22.1 Å². The van der Waals surface area contributed by atoms with Gasteiger partial charge in [0.05, 0.1) is 11.6 Å². The molecule has 2 aromatic rings. The van der Waals surface area contributed by atoms with Crippen molar-refractivity contribution in [2.24, 2.45) is 5.92 Å². The van der Waals surface area contributed by atoms with Gasteiger partial charge in [-0.1, -0.05) is 23.7 Å². The molecule has 2 aliphatic heterocycles. The number of carbonyl (C=O) groups excluding carboxylic acids is 1. The third kappa shape index (κ3) is 3.17. The first-order chi connectivity index (χ1) is 13.1. The molecular weight excluding hydrogens is 366 g/mol. The third-order valence-electron chi connectivity index (χ3n) is 5.13. The SMILES string of the molecule is N#CC1C(=O)Nc2nc(N3CCCCC3)[nH]c(=O)c2C1c1ccc(Cl)cc1. The van der Waals surface area contributed by atoms with Crippen molar-refractivity contribution in [3.05, 3.63) is 50.8 Å². The summed E-state index contributed by atoms with van der Waals surface area (Å²) in [5, 5.41) is 12.7. The second-order valence-corrected chi connectivity index (χ2v) is 7.26. The molecule has 138 valence electrons. The van der Waals surface area contributed by atoms with Crippen LogP contribution in [0.25, 0.3) is 0 Å². The summed E-state index contributed by atoms with van der Waals surface area (Å²) >= 11 is 5.96. The molecule has 1 aromatic heterocycles. The van der Waals surface area contributed by atoms with Crippen molar-refractivity contribution in [3.8, 4) is 6.07 Å². The number of fused-ring (bicyclic) bond motifs is 1. The number of anilines is 2. The van der Waals surface area contributed by atoms with Gasteiger partial charge in [-0.3, -0.25) is 14.6 Å². The van der Waals surface area contributed by atoms with Crippen molar-refractivity contribution < 1.29 is 4.79 Å². The number of nitrogens with zero attached hydrogens (tertiary/aromatic N) is 3. The minimum atomic E-state index is -1.01. The van der Waals surface area contributed by atoms with Crippen LogP contribution in [-0.4, -0.2) is 29.0 Å². The molecule has 27 heavy (non-hydrogen) atoms. The fourth-order valence-corrected chi connectivity index (χ4v) is 3.91. The molecule has 8 heteroatoms. The predicted molar refractivity (Wildman–Crippen MR) is 102 cm³/mol. The maximum atomic E-state index is 12.9. The van der Waals surface area contributed by atoms with Gasteiger partial charge in [0.25, 0.3) is 5.56 Å². The van der Waals surface area contributed by atoms with Crippen molar-refractivity contribution in [2.75, 3.05) is 23.3 Å². The molecule has 0 aliphatic carbocycles. The fourth-order valence-electron chi connectivity index (χ4n) is 3.78. The quantitative estimate of drug-likeness (QED) is 0.830. The van der Waals surface area contributed by atoms with Crippen LogP contribution in [0.15, 0.2) is 29.1 Å². The summed E-state index contributed by atoms with van der Waals surface area (Å²) in [6.07, 6.45) is 3.24. The zero-order valence-electron chi connectivity index (χ0n) is 14.5. The standard InChI is InChI=1S/C19H18ClN5O2/c20-12-6-4-11(5-7-12)14-13(10-21)17(26)22-16-15(14)18(27)24-19(23-16)25-8-2-1-3-9-25/h4-7,13-14H,1-3,8-9H2,(H2,22,23,24,26,27). The Morgan fingerprint density at radius 1 is 1.15 bits per heavy atom. The maximum Gasteiger partial charge on any atom is 0.258 e. The number of benzene rings is 1. The molecule has 2 unspecified atom stereocenters. The highest BCUT2D eigenvalue weighted by Crippen LogP contribution is 2.38. The highest BCUT2D eigenvalue weighted by molar-refractivity contribution is 6.30. The van der Waals surface area contributed by atoms with Crippen molar-refractivity contribution >= 4 is 29.3 Å². The summed E-state index contributed by atoms with van der Waals surface area (Å²) in [4.78, 5) is 34.8. The van der Waals surface area contributed by atoms with Gasteiger partial charge in [0.15, 0.2) is 0 Å². The second kappa shape index (κ2) is 7.05. The highest BCUT2D eigenvalue weighted by Gasteiger charge is 2.40. The summed E-state index contributed by atoms with van der Waals surface area (Å²) in [6, 6.07) is 8.86. The highest BCUT2D eigenvalue weighted by atomic mass is 35.5. The monoisotopic (exact) mass is 383 g/mol. The van der Waals surface area contributed by atoms with Crippen molar-refractivity contribution in [1.29, 1.82) is 5.26 Å². The van der Waals surface area contributed by atoms with Gasteiger partial charge in [-0.05, 0) is 37.0 Å². The van der Waals surface area contributed by atoms with Gasteiger partial charge in [-0.25, -0.2) is 0 Å². The Morgan fingerprint density at radius 2 is 1.85 bits per heavy atom. The average molecular weight is 384 g/mol. The summed E-state index contributed by atoms with van der Waals surface area (Å²) < 4.78 is 0. The number of rotatable bonds is 2. The molecule has 7 nitrogen and oxygen atoms in total. The lowest BCUT2D eigenvalue weighted by molar-refractivity contribution is -0.119. The first-order valence-corrected chi connectivity index (χ1v) is 9.31. The maximum absolute atomic E-state index is 12.9. The van der Waals surface area contributed by atoms with E-state index in [1.165, 1.54) is 0 Å². The lowest BCUT2D eigenvalue weighted by Crippen LogP contribution is -2.40. The van der Waals surface area contributed by atoms with Crippen LogP contribution in [0.1, 0.15) is 36.3 Å². The average Bonchev–Trinajstić information content (AvgIpc) is 2.68. The van der Waals surface area contributed by atoms with Crippen molar-refractivity contribution in [1.82, 2.24) is 9.97 Å². The Morgan fingerprint density at radius 3 is 2.52 bits per heavy atom. The third-order valence-corrected chi connectivity index (χ3v) is 5.39. The summed E-state index contributed by atoms with van der Waals surface area (Å²) in [5.74, 6) is -1.46. The molecule has 0 spiro atoms. The molecule has 0 saturated carbocycles. The molecule has 4 rings (SSSR count). The number of amides is 1. The van der Waals surface area contributed by atoms with Crippen LogP contribution in [-0.2, 0) is 4.79 Å². The molecule has 1 saturated heterocycles. The Balaban J connectivity index is 1.84. The number of H-pyrrole nitrogens is 1. The minimum Gasteiger partial charge on any atom is -0.342 e. The molecule has 1 amide bonds. The number of nitrogens with one attached hydrogen (secondary N) is 2. The van der Waals surface area contributed by atoms with E-state index in [9.17, 15) is 14.9 Å². The molecule has 3 heterocycles. The molecule has 1 aromatic carbocycles. The second-order valence-electron chi connectivity index (χ2n) is 6.82. The molecule has 1 fully saturated rings. The van der Waals surface area contributed by atoms with Crippen molar-refractivity contribution in [3.63, 3.8) is 0 Å². The first-order valence-electron chi connectivity index (χ1n) is 8.93. The van der Waals surface area contributed by atoms with E-state index in [1.54, 1.807) is 24.3 Å². The fraction of sp³-hybridized carbons (Fsp3) is 0.368. The van der Waals surface area contributed by atoms with E-state index in [0.717, 1.165) is 32.4 Å². The summed E-state index contributed by atoms with van der Waals surface area (Å²) in [7, 11) is 0. The molecule has 2 N–H and O–H groups in total. The molecule has 0 radical (unpaired) electrons. The number of hydrogen-bond acceptors (Lipinski definition) is 5. The smallest absolute Gasteiger partial charge is 0.258 e. The van der Waals surface area contributed by atoms with Gasteiger partial charge in [0.2, 0.25) is 11.9 Å². The van der Waals surface area contributed by atoms with E-state index < -0.39 is 17.7 Å². The predicted octanol–water partition coefficient (Wildman–Crippen LogP) is 2.64. The van der Waals surface area contributed by atoms with Crippen LogP contribution < -0.4 is 15.8 Å². The van der Waals surface area contributed by atoms with Crippen LogP contribution in [0.2, 0.25) is 5.02 Å². The van der Waals surface area contributed by atoms with Gasteiger partial charge < -0.3 is 10.2 Å². The molecule has 2 aliphatic rings. The minimum absolute atomic E-state index is 0.232. The first kappa shape index (κ1) is 17.6. The number of halogens is 1. The summed E-state index contributed by atoms with van der Waals surface area (Å²) in [5.41, 5.74) is 0.657. The van der Waals surface area contributed by atoms with Gasteiger partial charge in [0, 0.05) is 24.0 Å². The Bertz CT molecular complexity index is 973. The van der Waals surface area contributed by atoms with Crippen molar-refractivity contribution in [2.45, 2.75) is 25.2 Å². The van der Waals surface area contributed by atoms with E-state index in [-0.39, 0.29) is 11.4 Å². The zero-order valence-corrected chi connectivity index (χ0v) is 15.3. The molecule has 0 bridgehead atoms. The van der Waals surface area contributed by atoms with Gasteiger partial charge in [0.1, 0.15) is 11.7 Å². The van der Waals surface area contributed by atoms with E-state index in [1.807, 2.05) is 11.0 Å². The zero-order chi connectivity index (χ0) is 19.0. The lowest BCUT2D eigenvalue weighted by atomic mass is 9.79. The number of carbonyl (C=O) groups is 1. The number of aromatic amines is 1. The van der Waals surface area contributed by atoms with Crippen LogP contribution in [0.3, 0.4) is 0 Å². The number of aromatic nitrogens is 2. The largest absolute Gasteiger partial charge is 0.342 e. The Hall–Kier alpha value is -2.85. The number of hydrogen-bond donors (Lipinski definition) is 2. The Kier molecular flexibility index (Phi) is 4.58. The topological polar surface area (TPSA) is 102 Å².